The van der Waals surface area contributed by atoms with Crippen molar-refractivity contribution in [2.24, 2.45) is 5.41 Å². The summed E-state index contributed by atoms with van der Waals surface area (Å²) in [6.07, 6.45) is 5.92. The van der Waals surface area contributed by atoms with Crippen molar-refractivity contribution in [3.63, 3.8) is 0 Å². The molecule has 0 aromatic heterocycles. The van der Waals surface area contributed by atoms with Gasteiger partial charge in [-0.15, -0.1) is 0 Å². The Labute approximate surface area is 214 Å². The first-order chi connectivity index (χ1) is 17.5. The molecule has 178 valence electrons. The van der Waals surface area contributed by atoms with Gasteiger partial charge in [-0.1, -0.05) is 87.5 Å². The van der Waals surface area contributed by atoms with Crippen molar-refractivity contribution in [2.45, 2.75) is 33.2 Å². The van der Waals surface area contributed by atoms with Crippen LogP contribution in [0.4, 0.5) is 22.7 Å². The van der Waals surface area contributed by atoms with Gasteiger partial charge in [0.25, 0.3) is 0 Å². The summed E-state index contributed by atoms with van der Waals surface area (Å²) in [7, 11) is 0. The summed E-state index contributed by atoms with van der Waals surface area (Å²) in [5, 5.41) is 3.48. The van der Waals surface area contributed by atoms with E-state index in [9.17, 15) is 0 Å². The lowest BCUT2D eigenvalue weighted by atomic mass is 9.79. The average Bonchev–Trinajstić information content (AvgIpc) is 3.23. The fraction of sp³-hybridized carbons (Fsp3) is 0.176. The lowest BCUT2D eigenvalue weighted by molar-refractivity contribution is 0.511. The average molecular weight is 469 g/mol. The highest BCUT2D eigenvalue weighted by molar-refractivity contribution is 5.95. The summed E-state index contributed by atoms with van der Waals surface area (Å²) in [5.74, 6) is 0. The number of fused-ring (bicyclic) bond motifs is 3. The highest BCUT2D eigenvalue weighted by Crippen LogP contribution is 2.50. The van der Waals surface area contributed by atoms with Crippen LogP contribution in [0.1, 0.15) is 32.8 Å². The van der Waals surface area contributed by atoms with E-state index in [1.807, 2.05) is 18.2 Å². The van der Waals surface area contributed by atoms with Crippen molar-refractivity contribution < 1.29 is 0 Å². The lowest BCUT2D eigenvalue weighted by Gasteiger charge is -2.31. The maximum Gasteiger partial charge on any atom is 0.0633 e. The van der Waals surface area contributed by atoms with Gasteiger partial charge in [-0.25, -0.2) is 0 Å². The van der Waals surface area contributed by atoms with Crippen molar-refractivity contribution in [3.05, 3.63) is 126 Å². The molecule has 0 bridgehead atoms. The van der Waals surface area contributed by atoms with Crippen LogP contribution in [0.25, 0.3) is 16.7 Å². The topological polar surface area (TPSA) is 15.3 Å². The molecule has 1 atom stereocenters. The van der Waals surface area contributed by atoms with E-state index in [0.717, 1.165) is 17.8 Å². The number of para-hydroxylation sites is 2. The highest BCUT2D eigenvalue weighted by atomic mass is 15.2. The van der Waals surface area contributed by atoms with Crippen molar-refractivity contribution in [2.75, 3.05) is 10.2 Å². The number of hydrogen-bond acceptors (Lipinski definition) is 2. The Morgan fingerprint density at radius 2 is 1.36 bits per heavy atom. The van der Waals surface area contributed by atoms with Gasteiger partial charge in [0.05, 0.1) is 6.04 Å². The Morgan fingerprint density at radius 3 is 2.06 bits per heavy atom. The predicted molar refractivity (Wildman–Crippen MR) is 154 cm³/mol. The van der Waals surface area contributed by atoms with E-state index in [-0.39, 0.29) is 5.41 Å². The molecule has 2 aliphatic rings. The van der Waals surface area contributed by atoms with E-state index in [2.05, 4.69) is 128 Å². The molecule has 2 heteroatoms. The minimum Gasteiger partial charge on any atom is -0.356 e. The number of anilines is 4. The first-order valence-electron chi connectivity index (χ1n) is 12.8. The van der Waals surface area contributed by atoms with E-state index >= 15 is 0 Å². The van der Waals surface area contributed by atoms with Crippen LogP contribution in [0, 0.1) is 5.41 Å². The normalized spacial score (nSPS) is 16.6. The molecule has 0 fully saturated rings. The Kier molecular flexibility index (Phi) is 5.53. The van der Waals surface area contributed by atoms with Gasteiger partial charge in [0.1, 0.15) is 0 Å². The zero-order valence-electron chi connectivity index (χ0n) is 21.2. The van der Waals surface area contributed by atoms with Gasteiger partial charge in [-0.2, -0.15) is 0 Å². The summed E-state index contributed by atoms with van der Waals surface area (Å²) in [6.45, 7) is 6.92. The standard InChI is InChI=1S/C34H32N2/c1-34(2,3)26-17-21-33-31(23-26)30-22-25(16-20-32(30)36(33)29-12-8-5-9-13-29)24-14-18-28(19-15-24)35-27-10-6-4-7-11-27/h4-20,22-23,33,35H,21H2,1-3H3. The summed E-state index contributed by atoms with van der Waals surface area (Å²) >= 11 is 0. The molecule has 1 heterocycles. The van der Waals surface area contributed by atoms with Gasteiger partial charge in [-0.05, 0) is 82.6 Å². The minimum atomic E-state index is 0.136. The molecule has 0 spiro atoms. The summed E-state index contributed by atoms with van der Waals surface area (Å²) < 4.78 is 0. The van der Waals surface area contributed by atoms with Crippen molar-refractivity contribution in [1.82, 2.24) is 0 Å². The fourth-order valence-electron chi connectivity index (χ4n) is 5.38. The fourth-order valence-corrected chi connectivity index (χ4v) is 5.38. The van der Waals surface area contributed by atoms with Crippen molar-refractivity contribution in [3.8, 4) is 11.1 Å². The molecule has 6 rings (SSSR count). The molecule has 1 aliphatic heterocycles. The molecule has 4 aromatic carbocycles. The molecule has 0 saturated heterocycles. The summed E-state index contributed by atoms with van der Waals surface area (Å²) in [5.41, 5.74) is 11.6. The number of hydrogen-bond donors (Lipinski definition) is 1. The maximum atomic E-state index is 3.48. The van der Waals surface area contributed by atoms with Gasteiger partial charge in [-0.3, -0.25) is 0 Å². The number of benzene rings is 4. The van der Waals surface area contributed by atoms with Crippen molar-refractivity contribution >= 4 is 28.3 Å². The second-order valence-corrected chi connectivity index (χ2v) is 10.8. The van der Waals surface area contributed by atoms with Crippen molar-refractivity contribution in [1.29, 1.82) is 0 Å². The predicted octanol–water partition coefficient (Wildman–Crippen LogP) is 9.38. The molecular weight excluding hydrogens is 436 g/mol. The quantitative estimate of drug-likeness (QED) is 0.321. The first kappa shape index (κ1) is 22.4. The molecule has 1 N–H and O–H groups in total. The second kappa shape index (κ2) is 8.87. The first-order valence-corrected chi connectivity index (χ1v) is 12.8. The van der Waals surface area contributed by atoms with Gasteiger partial charge >= 0.3 is 0 Å². The third kappa shape index (κ3) is 4.13. The summed E-state index contributed by atoms with van der Waals surface area (Å²) in [6, 6.07) is 37.2. The van der Waals surface area contributed by atoms with Crippen LogP contribution in [0.3, 0.4) is 0 Å². The third-order valence-electron chi connectivity index (χ3n) is 7.29. The van der Waals surface area contributed by atoms with E-state index in [1.54, 1.807) is 0 Å². The zero-order valence-corrected chi connectivity index (χ0v) is 21.2. The van der Waals surface area contributed by atoms with Crippen LogP contribution in [-0.4, -0.2) is 6.04 Å². The van der Waals surface area contributed by atoms with Crippen LogP contribution in [0.15, 0.2) is 121 Å². The molecular formula is C34H32N2. The number of nitrogens with zero attached hydrogens (tertiary/aromatic N) is 1. The highest BCUT2D eigenvalue weighted by Gasteiger charge is 2.37. The Hall–Kier alpha value is -4.04. The smallest absolute Gasteiger partial charge is 0.0633 e. The van der Waals surface area contributed by atoms with E-state index in [1.165, 1.54) is 39.2 Å². The Morgan fingerprint density at radius 1 is 0.722 bits per heavy atom. The van der Waals surface area contributed by atoms with Crippen LogP contribution in [0.5, 0.6) is 0 Å². The van der Waals surface area contributed by atoms with E-state index < -0.39 is 0 Å². The number of rotatable bonds is 4. The van der Waals surface area contributed by atoms with Crippen LogP contribution < -0.4 is 10.2 Å². The monoisotopic (exact) mass is 468 g/mol. The molecule has 0 amide bonds. The van der Waals surface area contributed by atoms with E-state index in [0.29, 0.717) is 6.04 Å². The molecule has 4 aromatic rings. The molecule has 36 heavy (non-hydrogen) atoms. The molecule has 1 unspecified atom stereocenters. The largest absolute Gasteiger partial charge is 0.356 e. The molecule has 2 nitrogen and oxygen atoms in total. The van der Waals surface area contributed by atoms with Gasteiger partial charge in [0.15, 0.2) is 0 Å². The maximum absolute atomic E-state index is 3.48. The van der Waals surface area contributed by atoms with Gasteiger partial charge < -0.3 is 10.2 Å². The lowest BCUT2D eigenvalue weighted by Crippen LogP contribution is -2.28. The number of nitrogens with one attached hydrogen (secondary N) is 1. The van der Waals surface area contributed by atoms with Gasteiger partial charge in [0.2, 0.25) is 0 Å². The molecule has 0 radical (unpaired) electrons. The number of allylic oxidation sites excluding steroid dienone is 2. The summed E-state index contributed by atoms with van der Waals surface area (Å²) in [4.78, 5) is 2.52. The third-order valence-corrected chi connectivity index (χ3v) is 7.29. The molecule has 0 saturated carbocycles. The molecule has 1 aliphatic carbocycles. The zero-order chi connectivity index (χ0) is 24.7. The van der Waals surface area contributed by atoms with Crippen LogP contribution in [-0.2, 0) is 0 Å². The Bertz CT molecular complexity index is 1440. The van der Waals surface area contributed by atoms with Gasteiger partial charge in [0, 0.05) is 28.3 Å². The Balaban J connectivity index is 1.38. The van der Waals surface area contributed by atoms with Crippen LogP contribution in [0.2, 0.25) is 0 Å². The SMILES string of the molecule is CC(C)(C)C1=CCC2C(=C1)c1cc(-c3ccc(Nc4ccccc4)cc3)ccc1N2c1ccccc1. The second-order valence-electron chi connectivity index (χ2n) is 10.8. The van der Waals surface area contributed by atoms with Crippen LogP contribution >= 0.6 is 0 Å². The van der Waals surface area contributed by atoms with E-state index in [4.69, 9.17) is 0 Å². The minimum absolute atomic E-state index is 0.136.